The maximum atomic E-state index is 11.6. The van der Waals surface area contributed by atoms with Gasteiger partial charge >= 0.3 is 0 Å². The Kier molecular flexibility index (Phi) is 4.42. The second-order valence-electron chi connectivity index (χ2n) is 3.69. The Morgan fingerprint density at radius 1 is 1.44 bits per heavy atom. The molecule has 0 aliphatic carbocycles. The monoisotopic (exact) mass is 268 g/mol. The van der Waals surface area contributed by atoms with E-state index in [1.54, 1.807) is 6.92 Å². The molecule has 0 bridgehead atoms. The molecule has 0 aliphatic rings. The molecule has 0 radical (unpaired) electrons. The first kappa shape index (κ1) is 14.2. The lowest BCUT2D eigenvalue weighted by Gasteiger charge is -2.08. The van der Waals surface area contributed by atoms with Gasteiger partial charge in [-0.05, 0) is 12.5 Å². The molecule has 1 N–H and O–H groups in total. The van der Waals surface area contributed by atoms with Crippen molar-refractivity contribution in [3.05, 3.63) is 39.9 Å². The molecule has 0 saturated carbocycles. The van der Waals surface area contributed by atoms with E-state index >= 15 is 0 Å². The summed E-state index contributed by atoms with van der Waals surface area (Å²) in [5.74, 6) is 1.98. The van der Waals surface area contributed by atoms with Gasteiger partial charge in [-0.1, -0.05) is 18.1 Å². The maximum Gasteiger partial charge on any atom is 0.269 e. The van der Waals surface area contributed by atoms with E-state index in [0.29, 0.717) is 5.56 Å². The van der Waals surface area contributed by atoms with Crippen LogP contribution in [0.2, 0.25) is 0 Å². The van der Waals surface area contributed by atoms with Crippen molar-refractivity contribution in [2.75, 3.05) is 0 Å². The molecule has 1 unspecified atom stereocenters. The molecule has 0 heterocycles. The van der Waals surface area contributed by atoms with Gasteiger partial charge in [0.05, 0.1) is 16.7 Å². The van der Waals surface area contributed by atoms with E-state index in [4.69, 9.17) is 6.42 Å². The Morgan fingerprint density at radius 3 is 2.44 bits per heavy atom. The smallest absolute Gasteiger partial charge is 0.258 e. The van der Waals surface area contributed by atoms with Crippen LogP contribution in [0, 0.1) is 22.5 Å². The number of sulfonamides is 1. The Morgan fingerprint density at radius 2 is 2.00 bits per heavy atom. The van der Waals surface area contributed by atoms with Crippen molar-refractivity contribution in [1.82, 2.24) is 4.72 Å². The summed E-state index contributed by atoms with van der Waals surface area (Å²) in [6, 6.07) is 4.73. The summed E-state index contributed by atoms with van der Waals surface area (Å²) in [7, 11) is -3.54. The van der Waals surface area contributed by atoms with Crippen molar-refractivity contribution in [3.63, 3.8) is 0 Å². The van der Waals surface area contributed by atoms with Gasteiger partial charge in [0.15, 0.2) is 0 Å². The van der Waals surface area contributed by atoms with E-state index in [-0.39, 0.29) is 11.4 Å². The highest BCUT2D eigenvalue weighted by Crippen LogP contribution is 2.13. The number of nitro groups is 1. The Balaban J connectivity index is 2.79. The average molecular weight is 268 g/mol. The number of non-ortho nitro benzene ring substituents is 1. The zero-order valence-corrected chi connectivity index (χ0v) is 10.5. The summed E-state index contributed by atoms with van der Waals surface area (Å²) in [5, 5.41) is 10.4. The molecule has 7 heteroatoms. The second kappa shape index (κ2) is 5.62. The number of hydrogen-bond donors (Lipinski definition) is 1. The SMILES string of the molecule is C#CC(C)NS(=O)(=O)Cc1ccc([N+](=O)[O-])cc1. The van der Waals surface area contributed by atoms with Crippen molar-refractivity contribution in [1.29, 1.82) is 0 Å². The topological polar surface area (TPSA) is 89.3 Å². The van der Waals surface area contributed by atoms with Gasteiger partial charge in [0.2, 0.25) is 10.0 Å². The van der Waals surface area contributed by atoms with Crippen molar-refractivity contribution in [3.8, 4) is 12.3 Å². The Bertz CT molecular complexity index is 572. The molecular formula is C11H12N2O4S. The first-order valence-electron chi connectivity index (χ1n) is 5.03. The summed E-state index contributed by atoms with van der Waals surface area (Å²) in [4.78, 5) is 9.89. The van der Waals surface area contributed by atoms with Crippen LogP contribution in [-0.2, 0) is 15.8 Å². The molecule has 0 fully saturated rings. The Labute approximate surface area is 105 Å². The molecule has 1 rings (SSSR count). The summed E-state index contributed by atoms with van der Waals surface area (Å²) in [5.41, 5.74) is 0.374. The van der Waals surface area contributed by atoms with Crippen LogP contribution < -0.4 is 4.72 Å². The molecular weight excluding hydrogens is 256 g/mol. The third-order valence-corrected chi connectivity index (χ3v) is 3.54. The summed E-state index contributed by atoms with van der Waals surface area (Å²) >= 11 is 0. The van der Waals surface area contributed by atoms with Crippen molar-refractivity contribution in [2.24, 2.45) is 0 Å². The lowest BCUT2D eigenvalue weighted by molar-refractivity contribution is -0.384. The number of rotatable bonds is 5. The molecule has 0 amide bonds. The lowest BCUT2D eigenvalue weighted by atomic mass is 10.2. The van der Waals surface area contributed by atoms with E-state index in [2.05, 4.69) is 10.6 Å². The zero-order chi connectivity index (χ0) is 13.8. The predicted octanol–water partition coefficient (Wildman–Crippen LogP) is 1.04. The van der Waals surface area contributed by atoms with E-state index in [0.717, 1.165) is 0 Å². The number of terminal acetylenes is 1. The van der Waals surface area contributed by atoms with E-state index in [1.807, 2.05) is 0 Å². The standard InChI is InChI=1S/C11H12N2O4S/c1-3-9(2)12-18(16,17)8-10-4-6-11(7-5-10)13(14)15/h1,4-7,9,12H,8H2,2H3. The maximum absolute atomic E-state index is 11.6. The zero-order valence-electron chi connectivity index (χ0n) is 9.66. The number of benzene rings is 1. The van der Waals surface area contributed by atoms with E-state index in [1.165, 1.54) is 24.3 Å². The molecule has 6 nitrogen and oxygen atoms in total. The van der Waals surface area contributed by atoms with Gasteiger partial charge in [-0.2, -0.15) is 0 Å². The molecule has 0 saturated heterocycles. The van der Waals surface area contributed by atoms with Crippen LogP contribution in [0.1, 0.15) is 12.5 Å². The minimum Gasteiger partial charge on any atom is -0.258 e. The quantitative estimate of drug-likeness (QED) is 0.491. The molecule has 1 atom stereocenters. The van der Waals surface area contributed by atoms with Crippen LogP contribution in [0.3, 0.4) is 0 Å². The van der Waals surface area contributed by atoms with Crippen LogP contribution >= 0.6 is 0 Å². The molecule has 0 aromatic heterocycles. The van der Waals surface area contributed by atoms with Crippen LogP contribution in [-0.4, -0.2) is 19.4 Å². The van der Waals surface area contributed by atoms with Crippen molar-refractivity contribution in [2.45, 2.75) is 18.7 Å². The van der Waals surface area contributed by atoms with Gasteiger partial charge in [0.1, 0.15) is 0 Å². The molecule has 96 valence electrons. The van der Waals surface area contributed by atoms with Crippen LogP contribution in [0.4, 0.5) is 5.69 Å². The van der Waals surface area contributed by atoms with Crippen LogP contribution in [0.15, 0.2) is 24.3 Å². The summed E-state index contributed by atoms with van der Waals surface area (Å²) in [6.45, 7) is 1.55. The number of nitro benzene ring substituents is 1. The second-order valence-corrected chi connectivity index (χ2v) is 5.44. The minimum atomic E-state index is -3.54. The molecule has 1 aromatic carbocycles. The van der Waals surface area contributed by atoms with E-state index < -0.39 is 21.0 Å². The number of nitrogens with zero attached hydrogens (tertiary/aromatic N) is 1. The van der Waals surface area contributed by atoms with Crippen LogP contribution in [0.5, 0.6) is 0 Å². The highest BCUT2D eigenvalue weighted by molar-refractivity contribution is 7.88. The Hall–Kier alpha value is -1.91. The summed E-state index contributed by atoms with van der Waals surface area (Å²) in [6.07, 6.45) is 5.07. The van der Waals surface area contributed by atoms with Gasteiger partial charge in [-0.15, -0.1) is 6.42 Å². The van der Waals surface area contributed by atoms with Crippen LogP contribution in [0.25, 0.3) is 0 Å². The molecule has 0 spiro atoms. The van der Waals surface area contributed by atoms with Gasteiger partial charge in [-0.3, -0.25) is 10.1 Å². The fraction of sp³-hybridized carbons (Fsp3) is 0.273. The third-order valence-electron chi connectivity index (χ3n) is 2.11. The molecule has 18 heavy (non-hydrogen) atoms. The van der Waals surface area contributed by atoms with Gasteiger partial charge in [-0.25, -0.2) is 13.1 Å². The summed E-state index contributed by atoms with van der Waals surface area (Å²) < 4.78 is 25.6. The lowest BCUT2D eigenvalue weighted by Crippen LogP contribution is -2.32. The minimum absolute atomic E-state index is 0.0823. The number of hydrogen-bond acceptors (Lipinski definition) is 4. The highest BCUT2D eigenvalue weighted by atomic mass is 32.2. The van der Waals surface area contributed by atoms with Crippen molar-refractivity contribution < 1.29 is 13.3 Å². The van der Waals surface area contributed by atoms with Gasteiger partial charge < -0.3 is 0 Å². The first-order valence-corrected chi connectivity index (χ1v) is 6.69. The molecule has 1 aromatic rings. The van der Waals surface area contributed by atoms with Gasteiger partial charge in [0, 0.05) is 12.1 Å². The third kappa shape index (κ3) is 4.16. The highest BCUT2D eigenvalue weighted by Gasteiger charge is 2.14. The average Bonchev–Trinajstić information content (AvgIpc) is 2.28. The fourth-order valence-electron chi connectivity index (χ4n) is 1.28. The first-order chi connectivity index (χ1) is 8.34. The molecule has 0 aliphatic heterocycles. The predicted molar refractivity (Wildman–Crippen MR) is 67.2 cm³/mol. The van der Waals surface area contributed by atoms with E-state index in [9.17, 15) is 18.5 Å². The normalized spacial score (nSPS) is 12.7. The largest absolute Gasteiger partial charge is 0.269 e. The van der Waals surface area contributed by atoms with Gasteiger partial charge in [0.25, 0.3) is 5.69 Å². The van der Waals surface area contributed by atoms with Crippen molar-refractivity contribution >= 4 is 15.7 Å². The fourth-order valence-corrected chi connectivity index (χ4v) is 2.60. The number of nitrogens with one attached hydrogen (secondary N) is 1.